The van der Waals surface area contributed by atoms with Gasteiger partial charge in [-0.15, -0.1) is 0 Å². The van der Waals surface area contributed by atoms with Crippen LogP contribution >= 0.6 is 15.9 Å². The molecule has 0 aliphatic carbocycles. The van der Waals surface area contributed by atoms with Crippen molar-refractivity contribution in [1.29, 1.82) is 0 Å². The van der Waals surface area contributed by atoms with Gasteiger partial charge in [0.15, 0.2) is 0 Å². The van der Waals surface area contributed by atoms with Crippen LogP contribution in [0.1, 0.15) is 22.6 Å². The van der Waals surface area contributed by atoms with Crippen molar-refractivity contribution in [2.24, 2.45) is 5.73 Å². The lowest BCUT2D eigenvalue weighted by atomic mass is 10.2. The van der Waals surface area contributed by atoms with Crippen molar-refractivity contribution in [2.45, 2.75) is 26.7 Å². The third-order valence-electron chi connectivity index (χ3n) is 2.71. The van der Waals surface area contributed by atoms with Gasteiger partial charge in [0, 0.05) is 10.0 Å². The second kappa shape index (κ2) is 6.18. The van der Waals surface area contributed by atoms with Crippen LogP contribution in [0, 0.1) is 6.92 Å². The van der Waals surface area contributed by atoms with Crippen molar-refractivity contribution in [3.05, 3.63) is 57.5 Å². The summed E-state index contributed by atoms with van der Waals surface area (Å²) < 4.78 is 12.2. The predicted octanol–water partition coefficient (Wildman–Crippen LogP) is 3.53. The number of aryl methyl sites for hydroxylation is 1. The van der Waals surface area contributed by atoms with Gasteiger partial charge in [0.2, 0.25) is 0 Å². The Morgan fingerprint density at radius 3 is 2.56 bits per heavy atom. The van der Waals surface area contributed by atoms with Crippen LogP contribution in [0.2, 0.25) is 0 Å². The maximum absolute atomic E-state index is 5.67. The van der Waals surface area contributed by atoms with Crippen molar-refractivity contribution in [2.75, 3.05) is 0 Å². The van der Waals surface area contributed by atoms with E-state index in [4.69, 9.17) is 14.9 Å². The second-order valence-corrected chi connectivity index (χ2v) is 5.03. The van der Waals surface area contributed by atoms with Crippen molar-refractivity contribution in [1.82, 2.24) is 0 Å². The number of ether oxygens (including phenoxy) is 1. The van der Waals surface area contributed by atoms with E-state index in [0.29, 0.717) is 19.8 Å². The topological polar surface area (TPSA) is 48.4 Å². The monoisotopic (exact) mass is 309 g/mol. The largest absolute Gasteiger partial charge is 0.465 e. The van der Waals surface area contributed by atoms with E-state index >= 15 is 0 Å². The molecular formula is C14H16BrNO2. The van der Waals surface area contributed by atoms with Crippen molar-refractivity contribution >= 4 is 15.9 Å². The van der Waals surface area contributed by atoms with Gasteiger partial charge in [-0.2, -0.15) is 0 Å². The molecule has 0 unspecified atom stereocenters. The van der Waals surface area contributed by atoms with E-state index in [1.54, 1.807) is 0 Å². The summed E-state index contributed by atoms with van der Waals surface area (Å²) in [7, 11) is 0. The van der Waals surface area contributed by atoms with E-state index in [1.807, 2.05) is 37.3 Å². The van der Waals surface area contributed by atoms with E-state index in [9.17, 15) is 0 Å². The molecule has 0 amide bonds. The Morgan fingerprint density at radius 2 is 1.94 bits per heavy atom. The van der Waals surface area contributed by atoms with Gasteiger partial charge in [0.1, 0.15) is 11.5 Å². The molecule has 3 nitrogen and oxygen atoms in total. The summed E-state index contributed by atoms with van der Waals surface area (Å²) in [6, 6.07) is 10.1. The molecule has 2 N–H and O–H groups in total. The Labute approximate surface area is 115 Å². The maximum atomic E-state index is 5.67. The van der Waals surface area contributed by atoms with Crippen LogP contribution in [0.25, 0.3) is 0 Å². The van der Waals surface area contributed by atoms with Crippen LogP contribution in [0.4, 0.5) is 0 Å². The van der Waals surface area contributed by atoms with E-state index in [0.717, 1.165) is 27.1 Å². The molecule has 1 aromatic heterocycles. The average Bonchev–Trinajstić information content (AvgIpc) is 2.73. The molecule has 0 aliphatic heterocycles. The van der Waals surface area contributed by atoms with Crippen LogP contribution in [0.5, 0.6) is 0 Å². The molecule has 1 heterocycles. The van der Waals surface area contributed by atoms with E-state index in [2.05, 4.69) is 15.9 Å². The summed E-state index contributed by atoms with van der Waals surface area (Å²) >= 11 is 3.41. The van der Waals surface area contributed by atoms with Crippen molar-refractivity contribution in [3.8, 4) is 0 Å². The predicted molar refractivity (Wildman–Crippen MR) is 74.0 cm³/mol. The summed E-state index contributed by atoms with van der Waals surface area (Å²) in [4.78, 5) is 0. The Kier molecular flexibility index (Phi) is 4.58. The molecule has 0 atom stereocenters. The van der Waals surface area contributed by atoms with Crippen LogP contribution in [-0.4, -0.2) is 0 Å². The van der Waals surface area contributed by atoms with Gasteiger partial charge >= 0.3 is 0 Å². The Bertz CT molecular complexity index is 505. The fraction of sp³-hybridized carbons (Fsp3) is 0.286. The van der Waals surface area contributed by atoms with E-state index in [-0.39, 0.29) is 0 Å². The summed E-state index contributed by atoms with van der Waals surface area (Å²) in [5.74, 6) is 1.68. The molecule has 18 heavy (non-hydrogen) atoms. The number of halogens is 1. The highest BCUT2D eigenvalue weighted by Crippen LogP contribution is 2.16. The lowest BCUT2D eigenvalue weighted by Gasteiger charge is -2.03. The first-order valence-corrected chi connectivity index (χ1v) is 6.59. The van der Waals surface area contributed by atoms with Gasteiger partial charge in [-0.05, 0) is 30.7 Å². The highest BCUT2D eigenvalue weighted by atomic mass is 79.9. The Balaban J connectivity index is 1.88. The van der Waals surface area contributed by atoms with Crippen molar-refractivity contribution < 1.29 is 9.15 Å². The van der Waals surface area contributed by atoms with Gasteiger partial charge in [0.25, 0.3) is 0 Å². The molecule has 0 radical (unpaired) electrons. The van der Waals surface area contributed by atoms with Gasteiger partial charge in [-0.1, -0.05) is 28.1 Å². The fourth-order valence-electron chi connectivity index (χ4n) is 1.69. The second-order valence-electron chi connectivity index (χ2n) is 4.12. The third-order valence-corrected chi connectivity index (χ3v) is 3.24. The van der Waals surface area contributed by atoms with Gasteiger partial charge in [0.05, 0.1) is 19.8 Å². The van der Waals surface area contributed by atoms with Gasteiger partial charge < -0.3 is 14.9 Å². The molecular weight excluding hydrogens is 294 g/mol. The zero-order chi connectivity index (χ0) is 13.0. The SMILES string of the molecule is Cc1oc(CN)cc1COCc1ccc(Br)cc1. The quantitative estimate of drug-likeness (QED) is 0.919. The van der Waals surface area contributed by atoms with E-state index in [1.165, 1.54) is 0 Å². The van der Waals surface area contributed by atoms with Crippen LogP contribution in [0.15, 0.2) is 39.2 Å². The number of furan rings is 1. The fourth-order valence-corrected chi connectivity index (χ4v) is 1.96. The zero-order valence-electron chi connectivity index (χ0n) is 10.3. The summed E-state index contributed by atoms with van der Waals surface area (Å²) in [5, 5.41) is 0. The molecule has 1 aromatic carbocycles. The normalized spacial score (nSPS) is 10.8. The lowest BCUT2D eigenvalue weighted by Crippen LogP contribution is -1.95. The first-order valence-electron chi connectivity index (χ1n) is 5.79. The summed E-state index contributed by atoms with van der Waals surface area (Å²) in [6.07, 6.45) is 0. The highest BCUT2D eigenvalue weighted by molar-refractivity contribution is 9.10. The molecule has 96 valence electrons. The molecule has 0 fully saturated rings. The summed E-state index contributed by atoms with van der Waals surface area (Å²) in [5.41, 5.74) is 7.74. The Hall–Kier alpha value is -1.10. The van der Waals surface area contributed by atoms with Crippen LogP contribution in [0.3, 0.4) is 0 Å². The number of rotatable bonds is 5. The smallest absolute Gasteiger partial charge is 0.118 e. The van der Waals surface area contributed by atoms with Crippen LogP contribution < -0.4 is 5.73 Å². The number of hydrogen-bond donors (Lipinski definition) is 1. The lowest BCUT2D eigenvalue weighted by molar-refractivity contribution is 0.106. The molecule has 2 aromatic rings. The third kappa shape index (κ3) is 3.45. The average molecular weight is 310 g/mol. The molecule has 0 saturated heterocycles. The van der Waals surface area contributed by atoms with Gasteiger partial charge in [-0.25, -0.2) is 0 Å². The minimum Gasteiger partial charge on any atom is -0.465 e. The van der Waals surface area contributed by atoms with Crippen molar-refractivity contribution in [3.63, 3.8) is 0 Å². The highest BCUT2D eigenvalue weighted by Gasteiger charge is 2.06. The summed E-state index contributed by atoms with van der Waals surface area (Å²) in [6.45, 7) is 3.49. The molecule has 0 aliphatic rings. The molecule has 4 heteroatoms. The number of nitrogens with two attached hydrogens (primary N) is 1. The van der Waals surface area contributed by atoms with Gasteiger partial charge in [-0.3, -0.25) is 0 Å². The molecule has 0 bridgehead atoms. The minimum atomic E-state index is 0.424. The zero-order valence-corrected chi connectivity index (χ0v) is 11.9. The first-order chi connectivity index (χ1) is 8.69. The standard InChI is InChI=1S/C14H16BrNO2/c1-10-12(6-14(7-16)18-10)9-17-8-11-2-4-13(15)5-3-11/h2-6H,7-9,16H2,1H3. The Morgan fingerprint density at radius 1 is 1.22 bits per heavy atom. The number of hydrogen-bond acceptors (Lipinski definition) is 3. The molecule has 0 spiro atoms. The van der Waals surface area contributed by atoms with E-state index < -0.39 is 0 Å². The minimum absolute atomic E-state index is 0.424. The first kappa shape index (κ1) is 13.3. The molecule has 2 rings (SSSR count). The number of benzene rings is 1. The maximum Gasteiger partial charge on any atom is 0.118 e. The van der Waals surface area contributed by atoms with Crippen LogP contribution in [-0.2, 0) is 24.5 Å². The molecule has 0 saturated carbocycles.